The van der Waals surface area contributed by atoms with Crippen molar-refractivity contribution in [2.75, 3.05) is 0 Å². The van der Waals surface area contributed by atoms with Crippen molar-refractivity contribution in [2.24, 2.45) is 0 Å². The van der Waals surface area contributed by atoms with Gasteiger partial charge in [0.05, 0.1) is 0 Å². The summed E-state index contributed by atoms with van der Waals surface area (Å²) in [5.41, 5.74) is 2.33. The van der Waals surface area contributed by atoms with Crippen LogP contribution in [0.1, 0.15) is 41.7 Å². The van der Waals surface area contributed by atoms with Gasteiger partial charge in [-0.15, -0.1) is 12.8 Å². The quantitative estimate of drug-likeness (QED) is 0.568. The van der Waals surface area contributed by atoms with E-state index in [4.69, 9.17) is 12.8 Å². The van der Waals surface area contributed by atoms with Crippen molar-refractivity contribution in [3.8, 4) is 60.2 Å². The van der Waals surface area contributed by atoms with Crippen molar-refractivity contribution < 1.29 is 18.8 Å². The molecule has 0 aliphatic heterocycles. The highest BCUT2D eigenvalue weighted by Gasteiger charge is 2.17. The molecule has 0 bridgehead atoms. The second kappa shape index (κ2) is 14.3. The maximum atomic E-state index is 11.2. The molecular weight excluding hydrogens is 272 g/mol. The van der Waals surface area contributed by atoms with Gasteiger partial charge >= 0.3 is 0 Å². The van der Waals surface area contributed by atoms with Crippen LogP contribution < -0.4 is 0 Å². The Bertz CT molecular complexity index is 685. The van der Waals surface area contributed by atoms with E-state index in [0.717, 1.165) is 24.8 Å². The van der Waals surface area contributed by atoms with E-state index in [1.807, 2.05) is 19.1 Å². The topological polar surface area (TPSA) is 48.6 Å². The molecule has 1 rings (SSSR count). The van der Waals surface area contributed by atoms with E-state index in [2.05, 4.69) is 54.3 Å². The second-order valence-electron chi connectivity index (χ2n) is 3.99. The third kappa shape index (κ3) is 9.79. The summed E-state index contributed by atoms with van der Waals surface area (Å²) in [6.45, 7) is 4.04. The molecule has 0 unspecified atom stereocenters. The van der Waals surface area contributed by atoms with Gasteiger partial charge < -0.3 is 5.48 Å². The molecule has 0 amide bonds. The molecular formula is C20H30O2. The van der Waals surface area contributed by atoms with E-state index in [9.17, 15) is 4.79 Å². The van der Waals surface area contributed by atoms with Crippen LogP contribution in [0.5, 0.6) is 0 Å². The smallest absolute Gasteiger partial charge is 0.159 e. The van der Waals surface area contributed by atoms with Gasteiger partial charge in [-0.3, -0.25) is 4.79 Å². The first kappa shape index (κ1) is 21.2. The second-order valence-corrected chi connectivity index (χ2v) is 3.99. The van der Waals surface area contributed by atoms with Gasteiger partial charge in [-0.2, -0.15) is 0 Å². The molecule has 2 heteroatoms. The Balaban J connectivity index is -0.0000000382. The monoisotopic (exact) mass is 302 g/mol. The fraction of sp³-hybridized carbons (Fsp3) is 0.250. The van der Waals surface area contributed by atoms with Crippen molar-refractivity contribution in [2.45, 2.75) is 33.1 Å². The summed E-state index contributed by atoms with van der Waals surface area (Å²) in [6, 6.07) is 0. The van der Waals surface area contributed by atoms with E-state index in [1.54, 1.807) is 0 Å². The van der Waals surface area contributed by atoms with Gasteiger partial charge in [0.2, 0.25) is 0 Å². The normalized spacial score (nSPS) is 11.0. The van der Waals surface area contributed by atoms with Crippen LogP contribution in [0.2, 0.25) is 0 Å². The molecule has 22 heavy (non-hydrogen) atoms. The van der Waals surface area contributed by atoms with Crippen LogP contribution in [-0.4, -0.2) is 11.3 Å². The van der Waals surface area contributed by atoms with Gasteiger partial charge in [-0.1, -0.05) is 17.7 Å². The van der Waals surface area contributed by atoms with E-state index in [1.165, 1.54) is 5.57 Å². The third-order valence-electron chi connectivity index (χ3n) is 2.59. The van der Waals surface area contributed by atoms with E-state index in [-0.39, 0.29) is 14.0 Å². The number of hydrogen-bond donors (Lipinski definition) is 0. The Morgan fingerprint density at radius 3 is 1.91 bits per heavy atom. The van der Waals surface area contributed by atoms with Gasteiger partial charge in [0.25, 0.3) is 0 Å². The predicted octanol–water partition coefficient (Wildman–Crippen LogP) is 3.55. The highest BCUT2D eigenvalue weighted by Crippen LogP contribution is 2.24. The average Bonchev–Trinajstić information content (AvgIpc) is 2.80. The summed E-state index contributed by atoms with van der Waals surface area (Å²) in [5.74, 6) is 18.7. The summed E-state index contributed by atoms with van der Waals surface area (Å²) in [6.07, 6.45) is 16.2. The van der Waals surface area contributed by atoms with Gasteiger partial charge in [0.1, 0.15) is 0 Å². The molecule has 0 fully saturated rings. The number of Topliss-reactive ketones (excluding diaryl/α,β-unsaturated/α-hetero) is 1. The van der Waals surface area contributed by atoms with Gasteiger partial charge in [0, 0.05) is 15.0 Å². The molecule has 0 aromatic carbocycles. The number of ketones is 1. The first-order valence-electron chi connectivity index (χ1n) is 6.41. The van der Waals surface area contributed by atoms with Crippen LogP contribution in [0.25, 0.3) is 0 Å². The maximum absolute atomic E-state index is 11.2. The number of carbonyl (C=O) groups excluding carboxylic acids is 1. The molecule has 0 atom stereocenters. The first-order valence-corrected chi connectivity index (χ1v) is 6.41. The van der Waals surface area contributed by atoms with E-state index in [0.29, 0.717) is 5.78 Å². The molecule has 122 valence electrons. The number of carbonyl (C=O) groups is 1. The van der Waals surface area contributed by atoms with Gasteiger partial charge in [-0.05, 0) is 79.6 Å². The van der Waals surface area contributed by atoms with Crippen LogP contribution in [0, 0.1) is 60.2 Å². The highest BCUT2D eigenvalue weighted by atomic mass is 16.1. The van der Waals surface area contributed by atoms with Crippen LogP contribution >= 0.6 is 0 Å². The van der Waals surface area contributed by atoms with Crippen molar-refractivity contribution in [3.05, 3.63) is 23.3 Å². The average molecular weight is 302 g/mol. The molecule has 1 aliphatic rings. The van der Waals surface area contributed by atoms with Crippen LogP contribution in [0.3, 0.4) is 0 Å². The number of rotatable bonds is 2. The Labute approximate surface area is 142 Å². The largest absolute Gasteiger partial charge is 0.412 e. The van der Waals surface area contributed by atoms with Gasteiger partial charge in [0.15, 0.2) is 5.78 Å². The Hall–Kier alpha value is -3.09. The zero-order chi connectivity index (χ0) is 15.9. The van der Waals surface area contributed by atoms with Crippen LogP contribution in [-0.2, 0) is 4.79 Å². The maximum Gasteiger partial charge on any atom is 0.159 e. The molecule has 2 nitrogen and oxygen atoms in total. The van der Waals surface area contributed by atoms with Gasteiger partial charge in [-0.25, -0.2) is 0 Å². The van der Waals surface area contributed by atoms with E-state index < -0.39 is 0 Å². The summed E-state index contributed by atoms with van der Waals surface area (Å²) in [5, 5.41) is 0. The van der Waals surface area contributed by atoms with Crippen LogP contribution in [0.4, 0.5) is 0 Å². The molecule has 0 aromatic rings. The minimum absolute atomic E-state index is 0. The lowest BCUT2D eigenvalue weighted by molar-refractivity contribution is -0.114. The van der Waals surface area contributed by atoms with Crippen LogP contribution in [0.15, 0.2) is 23.3 Å². The zero-order valence-corrected chi connectivity index (χ0v) is 12.8. The molecule has 0 spiro atoms. The molecule has 0 saturated heterocycles. The fourth-order valence-corrected chi connectivity index (χ4v) is 1.56. The summed E-state index contributed by atoms with van der Waals surface area (Å²) >= 11 is 0. The zero-order valence-electron chi connectivity index (χ0n) is 12.8. The molecule has 0 aromatic heterocycles. The molecule has 2 N–H and O–H groups in total. The number of terminal acetylenes is 2. The lowest BCUT2D eigenvalue weighted by Gasteiger charge is -1.95. The summed E-state index contributed by atoms with van der Waals surface area (Å²) in [4.78, 5) is 11.2. The van der Waals surface area contributed by atoms with Crippen molar-refractivity contribution >= 4 is 5.78 Å². The fourth-order valence-electron chi connectivity index (χ4n) is 1.56. The minimum Gasteiger partial charge on any atom is -0.412 e. The number of allylic oxidation sites excluding steroid dienone is 4. The third-order valence-corrected chi connectivity index (χ3v) is 2.59. The first-order chi connectivity index (χ1) is 10.2. The lowest BCUT2D eigenvalue weighted by atomic mass is 10.1. The lowest BCUT2D eigenvalue weighted by Crippen LogP contribution is -1.94. The molecule has 0 heterocycles. The highest BCUT2D eigenvalue weighted by molar-refractivity contribution is 5.98. The Kier molecular flexibility index (Phi) is 13.8. The summed E-state index contributed by atoms with van der Waals surface area (Å²) in [7, 11) is 0. The van der Waals surface area contributed by atoms with E-state index >= 15 is 0 Å². The minimum atomic E-state index is 0. The predicted molar refractivity (Wildman–Crippen MR) is 104 cm³/mol. The Morgan fingerprint density at radius 2 is 1.55 bits per heavy atom. The van der Waals surface area contributed by atoms with Crippen molar-refractivity contribution in [3.63, 3.8) is 0 Å². The molecule has 0 saturated carbocycles. The molecule has 1 aliphatic carbocycles. The Morgan fingerprint density at radius 1 is 1.05 bits per heavy atom. The van der Waals surface area contributed by atoms with Crippen molar-refractivity contribution in [1.82, 2.24) is 0 Å². The summed E-state index contributed by atoms with van der Waals surface area (Å²) < 4.78 is 0. The standard InChI is InChI=1S/C10H14O.C10H2.H2O.6H2/c1-3-4-5-9-8(2)6-7-10(9)11;1-3-5-7-9-10-8-6-4-2;;;;;;;/h3-4H,5-7H2,1-2H3;1-2H;1H2;6*1H/b4-3-;;;;;;;;. The SMILES string of the molecule is C#CC#CC#CC#CC#C.C/C=C\CC1=C(C)CCC1=O.O.[HH].[HH].[HH].[HH].[HH].[HH]. The van der Waals surface area contributed by atoms with Crippen molar-refractivity contribution in [1.29, 1.82) is 0 Å². The molecule has 0 radical (unpaired) electrons. The number of hydrogen-bond acceptors (Lipinski definition) is 1.